The molecule has 0 saturated heterocycles. The van der Waals surface area contributed by atoms with Crippen molar-refractivity contribution in [3.05, 3.63) is 60.3 Å². The zero-order valence-electron chi connectivity index (χ0n) is 13.8. The van der Waals surface area contributed by atoms with Crippen LogP contribution in [0.2, 0.25) is 0 Å². The van der Waals surface area contributed by atoms with Gasteiger partial charge in [0.1, 0.15) is 5.82 Å². The van der Waals surface area contributed by atoms with Crippen molar-refractivity contribution in [1.82, 2.24) is 24.7 Å². The molecule has 25 heavy (non-hydrogen) atoms. The summed E-state index contributed by atoms with van der Waals surface area (Å²) in [6.07, 6.45) is 6.93. The maximum absolute atomic E-state index is 12.4. The van der Waals surface area contributed by atoms with Crippen LogP contribution < -0.4 is 5.32 Å². The van der Waals surface area contributed by atoms with E-state index in [2.05, 4.69) is 25.4 Å². The van der Waals surface area contributed by atoms with Crippen LogP contribution in [0.25, 0.3) is 22.2 Å². The molecule has 4 rings (SSSR count). The monoisotopic (exact) mass is 332 g/mol. The SMILES string of the molecule is Cc1nn(C)cc1C(=O)Nc1cc2[nH]c(-c3ccncc3)cc2cn1. The molecule has 7 heteroatoms. The fraction of sp³-hybridized carbons (Fsp3) is 0.111. The van der Waals surface area contributed by atoms with Gasteiger partial charge in [-0.25, -0.2) is 4.98 Å². The first-order valence-electron chi connectivity index (χ1n) is 7.81. The molecule has 0 aliphatic carbocycles. The zero-order valence-corrected chi connectivity index (χ0v) is 13.8. The molecule has 1 amide bonds. The third-order valence-corrected chi connectivity index (χ3v) is 3.99. The van der Waals surface area contributed by atoms with E-state index in [9.17, 15) is 4.79 Å². The molecular formula is C18H16N6O. The number of carbonyl (C=O) groups excluding carboxylic acids is 1. The molecule has 4 heterocycles. The predicted molar refractivity (Wildman–Crippen MR) is 95.2 cm³/mol. The highest BCUT2D eigenvalue weighted by Crippen LogP contribution is 2.24. The van der Waals surface area contributed by atoms with Crippen molar-refractivity contribution in [3.63, 3.8) is 0 Å². The van der Waals surface area contributed by atoms with Crippen LogP contribution in [0.5, 0.6) is 0 Å². The van der Waals surface area contributed by atoms with Crippen molar-refractivity contribution in [3.8, 4) is 11.3 Å². The number of hydrogen-bond donors (Lipinski definition) is 2. The highest BCUT2D eigenvalue weighted by Gasteiger charge is 2.14. The molecule has 0 aliphatic rings. The van der Waals surface area contributed by atoms with Gasteiger partial charge >= 0.3 is 0 Å². The van der Waals surface area contributed by atoms with Crippen LogP contribution in [-0.2, 0) is 7.05 Å². The Labute approximate surface area is 143 Å². The molecule has 124 valence electrons. The van der Waals surface area contributed by atoms with Crippen molar-refractivity contribution in [2.45, 2.75) is 6.92 Å². The smallest absolute Gasteiger partial charge is 0.260 e. The lowest BCUT2D eigenvalue weighted by Gasteiger charge is -2.03. The van der Waals surface area contributed by atoms with Gasteiger partial charge in [-0.2, -0.15) is 5.10 Å². The zero-order chi connectivity index (χ0) is 17.4. The molecule has 0 spiro atoms. The van der Waals surface area contributed by atoms with Crippen LogP contribution in [0.15, 0.2) is 49.1 Å². The summed E-state index contributed by atoms with van der Waals surface area (Å²) in [6.45, 7) is 1.80. The molecule has 0 unspecified atom stereocenters. The van der Waals surface area contributed by atoms with Crippen LogP contribution in [0.4, 0.5) is 5.82 Å². The molecule has 4 aromatic rings. The quantitative estimate of drug-likeness (QED) is 0.604. The van der Waals surface area contributed by atoms with Gasteiger partial charge in [0.25, 0.3) is 5.91 Å². The van der Waals surface area contributed by atoms with Crippen molar-refractivity contribution in [2.24, 2.45) is 7.05 Å². The number of pyridine rings is 2. The minimum atomic E-state index is -0.224. The van der Waals surface area contributed by atoms with E-state index in [4.69, 9.17) is 0 Å². The number of carbonyl (C=O) groups is 1. The van der Waals surface area contributed by atoms with Gasteiger partial charge in [-0.3, -0.25) is 14.5 Å². The van der Waals surface area contributed by atoms with Crippen molar-refractivity contribution in [2.75, 3.05) is 5.32 Å². The van der Waals surface area contributed by atoms with Gasteiger partial charge in [0, 0.05) is 54.5 Å². The first kappa shape index (κ1) is 15.1. The molecule has 2 N–H and O–H groups in total. The summed E-state index contributed by atoms with van der Waals surface area (Å²) in [5, 5.41) is 7.98. The Morgan fingerprint density at radius 2 is 2.04 bits per heavy atom. The molecule has 7 nitrogen and oxygen atoms in total. The second-order valence-electron chi connectivity index (χ2n) is 5.83. The van der Waals surface area contributed by atoms with Gasteiger partial charge in [0.2, 0.25) is 0 Å². The summed E-state index contributed by atoms with van der Waals surface area (Å²) in [5.74, 6) is 0.266. The summed E-state index contributed by atoms with van der Waals surface area (Å²) in [5.41, 5.74) is 4.14. The summed E-state index contributed by atoms with van der Waals surface area (Å²) in [7, 11) is 1.79. The Morgan fingerprint density at radius 1 is 1.24 bits per heavy atom. The number of rotatable bonds is 3. The van der Waals surface area contributed by atoms with Crippen LogP contribution in [0.3, 0.4) is 0 Å². The molecule has 0 fully saturated rings. The Morgan fingerprint density at radius 3 is 2.76 bits per heavy atom. The van der Waals surface area contributed by atoms with Crippen molar-refractivity contribution in [1.29, 1.82) is 0 Å². The molecule has 0 radical (unpaired) electrons. The maximum Gasteiger partial charge on any atom is 0.260 e. The minimum Gasteiger partial charge on any atom is -0.354 e. The standard InChI is InChI=1S/C18H16N6O/c1-11-14(10-24(2)23-11)18(25)22-17-8-16-13(9-20-17)7-15(21-16)12-3-5-19-6-4-12/h3-10,21H,1-2H3,(H,20,22,25). The topological polar surface area (TPSA) is 88.5 Å². The normalized spacial score (nSPS) is 11.0. The Kier molecular flexibility index (Phi) is 3.53. The number of anilines is 1. The van der Waals surface area contributed by atoms with Crippen LogP contribution in [0, 0.1) is 6.92 Å². The predicted octanol–water partition coefficient (Wildman–Crippen LogP) is 2.92. The molecule has 4 aromatic heterocycles. The lowest BCUT2D eigenvalue weighted by Crippen LogP contribution is -2.13. The van der Waals surface area contributed by atoms with Gasteiger partial charge in [-0.1, -0.05) is 0 Å². The third-order valence-electron chi connectivity index (χ3n) is 3.99. The minimum absolute atomic E-state index is 0.224. The number of nitrogens with one attached hydrogen (secondary N) is 2. The summed E-state index contributed by atoms with van der Waals surface area (Å²) >= 11 is 0. The second kappa shape index (κ2) is 5.86. The second-order valence-corrected chi connectivity index (χ2v) is 5.83. The number of hydrogen-bond acceptors (Lipinski definition) is 4. The number of aryl methyl sites for hydroxylation is 2. The Bertz CT molecular complexity index is 1060. The van der Waals surface area contributed by atoms with Crippen molar-refractivity contribution < 1.29 is 4.79 Å². The van der Waals surface area contributed by atoms with E-state index < -0.39 is 0 Å². The molecule has 0 saturated carbocycles. The fourth-order valence-electron chi connectivity index (χ4n) is 2.79. The van der Waals surface area contributed by atoms with Gasteiger partial charge in [-0.05, 0) is 25.1 Å². The van der Waals surface area contributed by atoms with E-state index in [1.54, 1.807) is 43.4 Å². The van der Waals surface area contributed by atoms with Crippen LogP contribution >= 0.6 is 0 Å². The fourth-order valence-corrected chi connectivity index (χ4v) is 2.79. The van der Waals surface area contributed by atoms with E-state index in [-0.39, 0.29) is 5.91 Å². The number of fused-ring (bicyclic) bond motifs is 1. The highest BCUT2D eigenvalue weighted by molar-refractivity contribution is 6.05. The lowest BCUT2D eigenvalue weighted by molar-refractivity contribution is 0.102. The van der Waals surface area contributed by atoms with E-state index in [1.807, 2.05) is 24.3 Å². The molecule has 0 bridgehead atoms. The van der Waals surface area contributed by atoms with Crippen LogP contribution in [0.1, 0.15) is 16.1 Å². The number of H-pyrrole nitrogens is 1. The molecule has 0 atom stereocenters. The highest BCUT2D eigenvalue weighted by atomic mass is 16.1. The maximum atomic E-state index is 12.4. The van der Waals surface area contributed by atoms with E-state index in [0.717, 1.165) is 22.2 Å². The number of nitrogens with zero attached hydrogens (tertiary/aromatic N) is 4. The van der Waals surface area contributed by atoms with E-state index in [1.165, 1.54) is 0 Å². The number of aromatic nitrogens is 5. The summed E-state index contributed by atoms with van der Waals surface area (Å²) in [4.78, 5) is 24.1. The van der Waals surface area contributed by atoms with Crippen LogP contribution in [-0.4, -0.2) is 30.6 Å². The Balaban J connectivity index is 1.63. The summed E-state index contributed by atoms with van der Waals surface area (Å²) in [6, 6.07) is 7.72. The van der Waals surface area contributed by atoms with E-state index >= 15 is 0 Å². The first-order chi connectivity index (χ1) is 12.1. The molecule has 0 aromatic carbocycles. The van der Waals surface area contributed by atoms with Gasteiger partial charge < -0.3 is 10.3 Å². The lowest BCUT2D eigenvalue weighted by atomic mass is 10.2. The third kappa shape index (κ3) is 2.87. The molecular weight excluding hydrogens is 316 g/mol. The largest absolute Gasteiger partial charge is 0.354 e. The summed E-state index contributed by atoms with van der Waals surface area (Å²) < 4.78 is 1.62. The Hall–Kier alpha value is -3.48. The average molecular weight is 332 g/mol. The number of amides is 1. The van der Waals surface area contributed by atoms with Gasteiger partial charge in [0.05, 0.1) is 16.8 Å². The number of aromatic amines is 1. The first-order valence-corrected chi connectivity index (χ1v) is 7.81. The van der Waals surface area contributed by atoms with Gasteiger partial charge in [-0.15, -0.1) is 0 Å². The molecule has 0 aliphatic heterocycles. The van der Waals surface area contributed by atoms with Gasteiger partial charge in [0.15, 0.2) is 0 Å². The van der Waals surface area contributed by atoms with E-state index in [0.29, 0.717) is 17.1 Å². The average Bonchev–Trinajstić information content (AvgIpc) is 3.18. The van der Waals surface area contributed by atoms with Crippen molar-refractivity contribution >= 4 is 22.6 Å².